The molecule has 2 spiro atoms. The van der Waals surface area contributed by atoms with Crippen molar-refractivity contribution in [2.24, 2.45) is 10.8 Å². The molecule has 2 aromatic rings. The van der Waals surface area contributed by atoms with Gasteiger partial charge in [-0.05, 0) is 37.1 Å². The number of benzene rings is 2. The van der Waals surface area contributed by atoms with Gasteiger partial charge in [-0.2, -0.15) is 0 Å². The third-order valence-electron chi connectivity index (χ3n) is 9.71. The summed E-state index contributed by atoms with van der Waals surface area (Å²) in [7, 11) is 6.18. The lowest BCUT2D eigenvalue weighted by Crippen LogP contribution is -2.64. The number of amides is 4. The Morgan fingerprint density at radius 2 is 1.20 bits per heavy atom. The number of carbonyl (C=O) groups excluding carboxylic acids is 4. The number of likely N-dealkylation sites (tertiary alicyclic amines) is 2. The summed E-state index contributed by atoms with van der Waals surface area (Å²) in [5, 5.41) is 5.60. The number of piperidine rings is 2. The van der Waals surface area contributed by atoms with E-state index < -0.39 is 10.8 Å². The van der Waals surface area contributed by atoms with E-state index in [-0.39, 0.29) is 56.2 Å². The molecule has 0 radical (unpaired) electrons. The summed E-state index contributed by atoms with van der Waals surface area (Å²) in [5.74, 6) is 2.09. The number of nitrogens with zero attached hydrogens (tertiary/aromatic N) is 2. The molecule has 0 aliphatic carbocycles. The molecule has 2 unspecified atom stereocenters. The van der Waals surface area contributed by atoms with Crippen molar-refractivity contribution >= 4 is 23.6 Å². The van der Waals surface area contributed by atoms with Crippen molar-refractivity contribution < 1.29 is 42.9 Å². The van der Waals surface area contributed by atoms with Crippen molar-refractivity contribution in [3.8, 4) is 28.7 Å². The van der Waals surface area contributed by atoms with E-state index in [9.17, 15) is 19.2 Å². The van der Waals surface area contributed by atoms with Crippen LogP contribution >= 0.6 is 0 Å². The third kappa shape index (κ3) is 5.31. The number of hydrogen-bond acceptors (Lipinski definition) is 9. The van der Waals surface area contributed by atoms with Gasteiger partial charge < -0.3 is 44.1 Å². The highest BCUT2D eigenvalue weighted by molar-refractivity contribution is 5.95. The molecule has 2 aromatic carbocycles. The zero-order valence-electron chi connectivity index (χ0n) is 26.7. The maximum atomic E-state index is 13.3. The van der Waals surface area contributed by atoms with E-state index in [0.29, 0.717) is 78.9 Å². The molecule has 4 aliphatic heterocycles. The lowest BCUT2D eigenvalue weighted by Gasteiger charge is -2.50. The number of ether oxygens (including phenoxy) is 5. The van der Waals surface area contributed by atoms with E-state index in [1.54, 1.807) is 30.1 Å². The van der Waals surface area contributed by atoms with Crippen molar-refractivity contribution in [3.63, 3.8) is 0 Å². The van der Waals surface area contributed by atoms with Crippen LogP contribution in [0.5, 0.6) is 28.7 Å². The number of hydrogen-bond donors (Lipinski definition) is 2. The molecular formula is C33H40N4O9. The van der Waals surface area contributed by atoms with Crippen LogP contribution in [0.2, 0.25) is 0 Å². The molecule has 4 heterocycles. The Hall–Kier alpha value is -4.68. The Morgan fingerprint density at radius 3 is 1.72 bits per heavy atom. The molecular weight excluding hydrogens is 596 g/mol. The number of rotatable bonds is 11. The van der Waals surface area contributed by atoms with Crippen LogP contribution in [-0.4, -0.2) is 88.0 Å². The standard InChI is InChI=1S/C33H40N4O9/c1-42-23-7-6-21(27(44-3)22(23)16-37-19-33(31(37)41)10-12-35-26(39)14-33)17-46-28-20(5-8-24(43-2)29(28)45-4)15-36-18-32(30(36)40)9-11-34-25(38)13-32/h5-8H,9-19H2,1-4H3,(H,34,38)(H,35,39). The lowest BCUT2D eigenvalue weighted by molar-refractivity contribution is -0.167. The van der Waals surface area contributed by atoms with Crippen LogP contribution in [0, 0.1) is 10.8 Å². The quantitative estimate of drug-likeness (QED) is 0.353. The van der Waals surface area contributed by atoms with Gasteiger partial charge >= 0.3 is 0 Å². The first-order valence-corrected chi connectivity index (χ1v) is 15.4. The molecule has 4 fully saturated rings. The minimum Gasteiger partial charge on any atom is -0.496 e. The molecule has 6 rings (SSSR count). The first kappa shape index (κ1) is 31.3. The van der Waals surface area contributed by atoms with Crippen molar-refractivity contribution in [3.05, 3.63) is 41.0 Å². The van der Waals surface area contributed by atoms with E-state index >= 15 is 0 Å². The Morgan fingerprint density at radius 1 is 0.652 bits per heavy atom. The molecule has 13 heteroatoms. The molecule has 0 bridgehead atoms. The number of nitrogens with one attached hydrogen (secondary N) is 2. The van der Waals surface area contributed by atoms with E-state index in [2.05, 4.69) is 10.6 Å². The normalized spacial score (nSPS) is 23.8. The van der Waals surface area contributed by atoms with Gasteiger partial charge in [0.05, 0.1) is 51.4 Å². The van der Waals surface area contributed by atoms with Gasteiger partial charge in [0.15, 0.2) is 11.5 Å². The van der Waals surface area contributed by atoms with Crippen LogP contribution in [-0.2, 0) is 38.9 Å². The molecule has 4 aliphatic rings. The summed E-state index contributed by atoms with van der Waals surface area (Å²) in [6.45, 7) is 2.58. The SMILES string of the molecule is COc1ccc(COc2c(CN3CC4(CCNC(=O)C4)C3=O)ccc(OC)c2OC)c(OC)c1CN1CC2(CCNC(=O)C2)C1=O. The third-order valence-corrected chi connectivity index (χ3v) is 9.71. The Labute approximate surface area is 267 Å². The summed E-state index contributed by atoms with van der Waals surface area (Å²) in [4.78, 5) is 54.0. The van der Waals surface area contributed by atoms with E-state index in [1.807, 2.05) is 18.2 Å². The summed E-state index contributed by atoms with van der Waals surface area (Å²) >= 11 is 0. The largest absolute Gasteiger partial charge is 0.496 e. The zero-order valence-corrected chi connectivity index (χ0v) is 26.7. The van der Waals surface area contributed by atoms with Gasteiger partial charge in [-0.15, -0.1) is 0 Å². The highest BCUT2D eigenvalue weighted by Crippen LogP contribution is 2.46. The minimum atomic E-state index is -0.635. The number of carbonyl (C=O) groups is 4. The molecule has 13 nitrogen and oxygen atoms in total. The fourth-order valence-corrected chi connectivity index (χ4v) is 7.32. The van der Waals surface area contributed by atoms with Gasteiger partial charge in [-0.1, -0.05) is 0 Å². The van der Waals surface area contributed by atoms with Crippen LogP contribution in [0.25, 0.3) is 0 Å². The first-order chi connectivity index (χ1) is 22.2. The summed E-state index contributed by atoms with van der Waals surface area (Å²) in [5.41, 5.74) is 0.862. The minimum absolute atomic E-state index is 0.0410. The fourth-order valence-electron chi connectivity index (χ4n) is 7.32. The first-order valence-electron chi connectivity index (χ1n) is 15.4. The van der Waals surface area contributed by atoms with Crippen molar-refractivity contribution in [2.45, 2.75) is 45.4 Å². The van der Waals surface area contributed by atoms with Crippen LogP contribution in [0.15, 0.2) is 24.3 Å². The number of β-lactam (4-membered cyclic amide) rings is 2. The van der Waals surface area contributed by atoms with Gasteiger partial charge in [-0.25, -0.2) is 0 Å². The van der Waals surface area contributed by atoms with Crippen LogP contribution < -0.4 is 34.3 Å². The van der Waals surface area contributed by atoms with E-state index in [1.165, 1.54) is 14.2 Å². The maximum absolute atomic E-state index is 13.3. The van der Waals surface area contributed by atoms with Gasteiger partial charge in [-0.3, -0.25) is 19.2 Å². The van der Waals surface area contributed by atoms with Crippen LogP contribution in [0.3, 0.4) is 0 Å². The van der Waals surface area contributed by atoms with Crippen LogP contribution in [0.1, 0.15) is 42.4 Å². The zero-order chi connectivity index (χ0) is 32.6. The molecule has 4 saturated heterocycles. The summed E-state index contributed by atoms with van der Waals surface area (Å²) < 4.78 is 29.2. The van der Waals surface area contributed by atoms with Gasteiger partial charge in [0.25, 0.3) is 0 Å². The van der Waals surface area contributed by atoms with Crippen molar-refractivity contribution in [1.82, 2.24) is 20.4 Å². The van der Waals surface area contributed by atoms with E-state index in [0.717, 1.165) is 5.56 Å². The predicted molar refractivity (Wildman–Crippen MR) is 164 cm³/mol. The fraction of sp³-hybridized carbons (Fsp3) is 0.515. The van der Waals surface area contributed by atoms with Gasteiger partial charge in [0.2, 0.25) is 29.4 Å². The molecule has 0 aromatic heterocycles. The molecule has 246 valence electrons. The van der Waals surface area contributed by atoms with Gasteiger partial charge in [0.1, 0.15) is 18.1 Å². The molecule has 2 N–H and O–H groups in total. The second-order valence-corrected chi connectivity index (χ2v) is 12.5. The molecule has 0 saturated carbocycles. The highest BCUT2D eigenvalue weighted by atomic mass is 16.5. The second kappa shape index (κ2) is 12.3. The smallest absolute Gasteiger partial charge is 0.231 e. The predicted octanol–water partition coefficient (Wildman–Crippen LogP) is 1.78. The monoisotopic (exact) mass is 636 g/mol. The van der Waals surface area contributed by atoms with Crippen LogP contribution in [0.4, 0.5) is 0 Å². The average molecular weight is 637 g/mol. The van der Waals surface area contributed by atoms with Gasteiger partial charge in [0, 0.05) is 56.7 Å². The second-order valence-electron chi connectivity index (χ2n) is 12.5. The number of methoxy groups -OCH3 is 4. The molecule has 4 amide bonds. The summed E-state index contributed by atoms with van der Waals surface area (Å²) in [6, 6.07) is 7.27. The molecule has 2 atom stereocenters. The average Bonchev–Trinajstić information content (AvgIpc) is 3.06. The van der Waals surface area contributed by atoms with Crippen molar-refractivity contribution in [2.75, 3.05) is 54.6 Å². The van der Waals surface area contributed by atoms with Crippen molar-refractivity contribution in [1.29, 1.82) is 0 Å². The Kier molecular flexibility index (Phi) is 8.34. The van der Waals surface area contributed by atoms with E-state index in [4.69, 9.17) is 23.7 Å². The topological polar surface area (TPSA) is 145 Å². The Bertz CT molecular complexity index is 1580. The maximum Gasteiger partial charge on any atom is 0.231 e. The summed E-state index contributed by atoms with van der Waals surface area (Å²) in [6.07, 6.45) is 1.66. The highest BCUT2D eigenvalue weighted by Gasteiger charge is 2.55. The molecule has 46 heavy (non-hydrogen) atoms. The Balaban J connectivity index is 1.23. The lowest BCUT2D eigenvalue weighted by atomic mass is 9.71.